The van der Waals surface area contributed by atoms with Gasteiger partial charge in [0.05, 0.1) is 0 Å². The van der Waals surface area contributed by atoms with Crippen molar-refractivity contribution in [2.24, 2.45) is 0 Å². The first-order valence-electron chi connectivity index (χ1n) is 9.47. The fraction of sp³-hybridized carbons (Fsp3) is 0.409. The van der Waals surface area contributed by atoms with Gasteiger partial charge >= 0.3 is 0 Å². The summed E-state index contributed by atoms with van der Waals surface area (Å²) in [5, 5.41) is 9.47. The monoisotopic (exact) mass is 370 g/mol. The molecule has 1 fully saturated rings. The summed E-state index contributed by atoms with van der Waals surface area (Å²) >= 11 is 0. The molecule has 2 aromatic carbocycles. The number of aliphatic hydroxyl groups excluding tert-OH is 1. The number of nitrogens with zero attached hydrogens (tertiary/aromatic N) is 2. The Morgan fingerprint density at radius 3 is 2.70 bits per heavy atom. The Bertz CT molecular complexity index is 780. The van der Waals surface area contributed by atoms with Crippen LogP contribution in [0, 0.1) is 5.82 Å². The first kappa shape index (κ1) is 19.7. The van der Waals surface area contributed by atoms with E-state index in [4.69, 9.17) is 0 Å². The molecule has 0 spiro atoms. The number of carbonyl (C=O) groups is 1. The van der Waals surface area contributed by atoms with Gasteiger partial charge in [0.1, 0.15) is 5.82 Å². The van der Waals surface area contributed by atoms with E-state index in [1.807, 2.05) is 36.4 Å². The lowest BCUT2D eigenvalue weighted by Crippen LogP contribution is -2.52. The van der Waals surface area contributed by atoms with Crippen molar-refractivity contribution in [1.29, 1.82) is 0 Å². The minimum atomic E-state index is -0.177. The molecule has 0 aromatic heterocycles. The second kappa shape index (κ2) is 9.22. The molecule has 27 heavy (non-hydrogen) atoms. The Labute approximate surface area is 160 Å². The molecule has 0 amide bonds. The minimum Gasteiger partial charge on any atom is -0.396 e. The van der Waals surface area contributed by atoms with Crippen molar-refractivity contribution >= 4 is 5.78 Å². The molecule has 0 radical (unpaired) electrons. The smallest absolute Gasteiger partial charge is 0.159 e. The van der Waals surface area contributed by atoms with E-state index in [2.05, 4.69) is 9.80 Å². The van der Waals surface area contributed by atoms with E-state index < -0.39 is 0 Å². The number of aliphatic hydroxyl groups is 1. The van der Waals surface area contributed by atoms with Gasteiger partial charge in [-0.1, -0.05) is 36.4 Å². The predicted octanol–water partition coefficient (Wildman–Crippen LogP) is 3.10. The SMILES string of the molecule is CC(=O)c1cccc(CN2CCN(Cc3ccccc3F)C(CCO)C2)c1. The highest BCUT2D eigenvalue weighted by atomic mass is 19.1. The van der Waals surface area contributed by atoms with Gasteiger partial charge in [-0.05, 0) is 31.0 Å². The van der Waals surface area contributed by atoms with E-state index in [1.54, 1.807) is 13.0 Å². The van der Waals surface area contributed by atoms with Gasteiger partial charge in [0.25, 0.3) is 0 Å². The van der Waals surface area contributed by atoms with Crippen molar-refractivity contribution in [3.8, 4) is 0 Å². The van der Waals surface area contributed by atoms with Crippen molar-refractivity contribution in [2.75, 3.05) is 26.2 Å². The summed E-state index contributed by atoms with van der Waals surface area (Å²) in [5.41, 5.74) is 2.55. The van der Waals surface area contributed by atoms with E-state index in [0.717, 1.165) is 37.3 Å². The highest BCUT2D eigenvalue weighted by Crippen LogP contribution is 2.20. The Morgan fingerprint density at radius 2 is 1.96 bits per heavy atom. The van der Waals surface area contributed by atoms with Crippen LogP contribution in [-0.4, -0.2) is 53.0 Å². The zero-order valence-electron chi connectivity index (χ0n) is 15.8. The molecular weight excluding hydrogens is 343 g/mol. The lowest BCUT2D eigenvalue weighted by molar-refractivity contribution is 0.0493. The van der Waals surface area contributed by atoms with Crippen molar-refractivity contribution in [2.45, 2.75) is 32.5 Å². The first-order chi connectivity index (χ1) is 13.1. The van der Waals surface area contributed by atoms with Crippen LogP contribution in [0.15, 0.2) is 48.5 Å². The average Bonchev–Trinajstić information content (AvgIpc) is 2.66. The summed E-state index contributed by atoms with van der Waals surface area (Å²) < 4.78 is 14.0. The predicted molar refractivity (Wildman–Crippen MR) is 104 cm³/mol. The molecule has 1 aliphatic rings. The van der Waals surface area contributed by atoms with Crippen LogP contribution in [0.25, 0.3) is 0 Å². The maximum Gasteiger partial charge on any atom is 0.159 e. The Hall–Kier alpha value is -2.08. The van der Waals surface area contributed by atoms with Gasteiger partial charge in [0.15, 0.2) is 5.78 Å². The van der Waals surface area contributed by atoms with E-state index >= 15 is 0 Å². The van der Waals surface area contributed by atoms with Crippen molar-refractivity contribution in [3.05, 3.63) is 71.0 Å². The zero-order valence-corrected chi connectivity index (χ0v) is 15.8. The maximum absolute atomic E-state index is 14.0. The van der Waals surface area contributed by atoms with Gasteiger partial charge in [0.2, 0.25) is 0 Å². The molecule has 1 heterocycles. The second-order valence-corrected chi connectivity index (χ2v) is 7.22. The highest BCUT2D eigenvalue weighted by Gasteiger charge is 2.27. The van der Waals surface area contributed by atoms with Crippen LogP contribution in [0.3, 0.4) is 0 Å². The molecule has 5 heteroatoms. The van der Waals surface area contributed by atoms with Crippen molar-refractivity contribution in [1.82, 2.24) is 9.80 Å². The third-order valence-corrected chi connectivity index (χ3v) is 5.22. The van der Waals surface area contributed by atoms with Crippen LogP contribution in [0.4, 0.5) is 4.39 Å². The molecule has 3 rings (SSSR count). The normalized spacial score (nSPS) is 18.6. The van der Waals surface area contributed by atoms with Gasteiger partial charge in [-0.15, -0.1) is 0 Å². The summed E-state index contributed by atoms with van der Waals surface area (Å²) in [4.78, 5) is 16.2. The molecule has 144 valence electrons. The topological polar surface area (TPSA) is 43.8 Å². The molecule has 4 nitrogen and oxygen atoms in total. The van der Waals surface area contributed by atoms with E-state index in [-0.39, 0.29) is 24.2 Å². The highest BCUT2D eigenvalue weighted by molar-refractivity contribution is 5.94. The van der Waals surface area contributed by atoms with Crippen LogP contribution >= 0.6 is 0 Å². The number of benzene rings is 2. The van der Waals surface area contributed by atoms with Gasteiger partial charge in [-0.3, -0.25) is 14.6 Å². The molecule has 1 unspecified atom stereocenters. The Morgan fingerprint density at radius 1 is 1.15 bits per heavy atom. The Balaban J connectivity index is 1.66. The third kappa shape index (κ3) is 5.22. The molecule has 0 saturated carbocycles. The third-order valence-electron chi connectivity index (χ3n) is 5.22. The lowest BCUT2D eigenvalue weighted by atomic mass is 10.0. The van der Waals surface area contributed by atoms with Gasteiger partial charge in [0, 0.05) is 56.5 Å². The maximum atomic E-state index is 14.0. The summed E-state index contributed by atoms with van der Waals surface area (Å²) in [5.74, 6) is -0.103. The van der Waals surface area contributed by atoms with Crippen LogP contribution in [0.1, 0.15) is 34.8 Å². The molecule has 1 N–H and O–H groups in total. The fourth-order valence-electron chi connectivity index (χ4n) is 3.72. The molecule has 0 bridgehead atoms. The Kier molecular flexibility index (Phi) is 6.72. The number of carbonyl (C=O) groups excluding carboxylic acids is 1. The summed E-state index contributed by atoms with van der Waals surface area (Å²) in [6.45, 7) is 5.55. The summed E-state index contributed by atoms with van der Waals surface area (Å²) in [6.07, 6.45) is 0.665. The van der Waals surface area contributed by atoms with Crippen molar-refractivity contribution in [3.63, 3.8) is 0 Å². The quantitative estimate of drug-likeness (QED) is 0.761. The molecule has 2 aromatic rings. The van der Waals surface area contributed by atoms with Crippen LogP contribution in [-0.2, 0) is 13.1 Å². The molecular formula is C22H27FN2O2. The number of hydrogen-bond donors (Lipinski definition) is 1. The standard InChI is InChI=1S/C22H27FN2O2/c1-17(27)19-7-4-5-18(13-19)14-24-10-11-25(21(16-24)9-12-26)15-20-6-2-3-8-22(20)23/h2-8,13,21,26H,9-12,14-16H2,1H3. The summed E-state index contributed by atoms with van der Waals surface area (Å²) in [6, 6.07) is 14.8. The lowest BCUT2D eigenvalue weighted by Gasteiger charge is -2.41. The van der Waals surface area contributed by atoms with E-state index in [0.29, 0.717) is 18.5 Å². The average molecular weight is 370 g/mol. The first-order valence-corrected chi connectivity index (χ1v) is 9.47. The number of halogens is 1. The van der Waals surface area contributed by atoms with Gasteiger partial charge in [-0.2, -0.15) is 0 Å². The molecule has 1 atom stereocenters. The van der Waals surface area contributed by atoms with E-state index in [1.165, 1.54) is 6.07 Å². The number of Topliss-reactive ketones (excluding diaryl/α,β-unsaturated/α-hetero) is 1. The molecule has 1 aliphatic heterocycles. The number of rotatable bonds is 7. The largest absolute Gasteiger partial charge is 0.396 e. The van der Waals surface area contributed by atoms with Crippen LogP contribution in [0.2, 0.25) is 0 Å². The van der Waals surface area contributed by atoms with Crippen molar-refractivity contribution < 1.29 is 14.3 Å². The minimum absolute atomic E-state index is 0.0738. The van der Waals surface area contributed by atoms with Crippen LogP contribution in [0.5, 0.6) is 0 Å². The number of ketones is 1. The zero-order chi connectivity index (χ0) is 19.2. The number of piperazine rings is 1. The van der Waals surface area contributed by atoms with Gasteiger partial charge in [-0.25, -0.2) is 4.39 Å². The van der Waals surface area contributed by atoms with E-state index in [9.17, 15) is 14.3 Å². The fourth-order valence-corrected chi connectivity index (χ4v) is 3.72. The van der Waals surface area contributed by atoms with Crippen LogP contribution < -0.4 is 0 Å². The molecule has 0 aliphatic carbocycles. The second-order valence-electron chi connectivity index (χ2n) is 7.22. The van der Waals surface area contributed by atoms with Gasteiger partial charge < -0.3 is 5.11 Å². The number of hydrogen-bond acceptors (Lipinski definition) is 4. The summed E-state index contributed by atoms with van der Waals surface area (Å²) in [7, 11) is 0. The molecule has 1 saturated heterocycles.